The second-order valence-electron chi connectivity index (χ2n) is 5.78. The molecular weight excluding hydrogens is 212 g/mol. The van der Waals surface area contributed by atoms with Crippen molar-refractivity contribution in [1.29, 1.82) is 0 Å². The van der Waals surface area contributed by atoms with E-state index >= 15 is 0 Å². The Balaban J connectivity index is 2.37. The first-order valence-electron chi connectivity index (χ1n) is 6.51. The van der Waals surface area contributed by atoms with Crippen molar-refractivity contribution < 1.29 is 9.53 Å². The second-order valence-corrected chi connectivity index (χ2v) is 5.78. The molecule has 0 saturated carbocycles. The van der Waals surface area contributed by atoms with E-state index in [1.54, 1.807) is 0 Å². The summed E-state index contributed by atoms with van der Waals surface area (Å²) in [6, 6.07) is 0. The maximum Gasteiger partial charge on any atom is 0.123 e. The molecule has 0 spiro atoms. The quantitative estimate of drug-likeness (QED) is 0.699. The maximum atomic E-state index is 10.7. The Morgan fingerprint density at radius 3 is 2.88 bits per heavy atom. The smallest absolute Gasteiger partial charge is 0.123 e. The first kappa shape index (κ1) is 12.6. The van der Waals surface area contributed by atoms with E-state index in [-0.39, 0.29) is 11.7 Å². The third-order valence-electron chi connectivity index (χ3n) is 3.84. The standard InChI is InChI=1S/C15H22O2/c1-10(2)14-11(3)5-6-13-12(14)9-15(4,17-13)7-8-16/h8-10,13H,5-7H2,1-4H3/t13-,15-/m1/s1. The molecule has 1 aliphatic heterocycles. The summed E-state index contributed by atoms with van der Waals surface area (Å²) in [6.07, 6.45) is 5.98. The maximum absolute atomic E-state index is 10.7. The van der Waals surface area contributed by atoms with Crippen LogP contribution in [0.15, 0.2) is 22.8 Å². The number of carbonyl (C=O) groups excluding carboxylic acids is 1. The second kappa shape index (κ2) is 4.41. The topological polar surface area (TPSA) is 26.3 Å². The van der Waals surface area contributed by atoms with Crippen molar-refractivity contribution >= 4 is 6.29 Å². The molecule has 0 amide bonds. The first-order valence-corrected chi connectivity index (χ1v) is 6.51. The van der Waals surface area contributed by atoms with Gasteiger partial charge in [-0.05, 0) is 49.8 Å². The number of rotatable bonds is 3. The Labute approximate surface area is 104 Å². The number of ether oxygens (including phenoxy) is 1. The molecule has 1 heterocycles. The highest BCUT2D eigenvalue weighted by Gasteiger charge is 2.39. The van der Waals surface area contributed by atoms with Crippen LogP contribution in [0.1, 0.15) is 47.0 Å². The molecule has 2 nitrogen and oxygen atoms in total. The molecule has 0 aromatic carbocycles. The van der Waals surface area contributed by atoms with Gasteiger partial charge in [0.2, 0.25) is 0 Å². The molecule has 0 N–H and O–H groups in total. The third-order valence-corrected chi connectivity index (χ3v) is 3.84. The van der Waals surface area contributed by atoms with Gasteiger partial charge in [-0.15, -0.1) is 0 Å². The van der Waals surface area contributed by atoms with Crippen LogP contribution < -0.4 is 0 Å². The third kappa shape index (κ3) is 2.23. The van der Waals surface area contributed by atoms with Crippen molar-refractivity contribution in [3.05, 3.63) is 22.8 Å². The van der Waals surface area contributed by atoms with Crippen LogP contribution in [0.4, 0.5) is 0 Å². The molecule has 2 aliphatic rings. The molecule has 0 aromatic heterocycles. The van der Waals surface area contributed by atoms with Crippen LogP contribution in [-0.2, 0) is 9.53 Å². The predicted octanol–water partition coefficient (Wildman–Crippen LogP) is 3.43. The minimum Gasteiger partial charge on any atom is -0.363 e. The lowest BCUT2D eigenvalue weighted by Crippen LogP contribution is -2.27. The lowest BCUT2D eigenvalue weighted by atomic mass is 9.80. The van der Waals surface area contributed by atoms with Gasteiger partial charge in [-0.25, -0.2) is 0 Å². The lowest BCUT2D eigenvalue weighted by molar-refractivity contribution is -0.113. The Bertz CT molecular complexity index is 390. The van der Waals surface area contributed by atoms with Crippen molar-refractivity contribution in [3.63, 3.8) is 0 Å². The van der Waals surface area contributed by atoms with Gasteiger partial charge in [-0.3, -0.25) is 0 Å². The molecule has 0 aromatic rings. The molecule has 0 saturated heterocycles. The molecule has 1 aliphatic carbocycles. The molecule has 0 fully saturated rings. The monoisotopic (exact) mass is 234 g/mol. The van der Waals surface area contributed by atoms with Gasteiger partial charge in [0.1, 0.15) is 6.29 Å². The van der Waals surface area contributed by atoms with Crippen molar-refractivity contribution in [2.45, 2.75) is 58.7 Å². The van der Waals surface area contributed by atoms with E-state index in [2.05, 4.69) is 26.8 Å². The van der Waals surface area contributed by atoms with E-state index < -0.39 is 0 Å². The van der Waals surface area contributed by atoms with Crippen LogP contribution >= 0.6 is 0 Å². The molecule has 17 heavy (non-hydrogen) atoms. The number of hydrogen-bond acceptors (Lipinski definition) is 2. The SMILES string of the molecule is CC1=C(C(C)C)C2=C[C@@](C)(CC=O)O[C@@H]2CC1. The molecular formula is C15H22O2. The highest BCUT2D eigenvalue weighted by Crippen LogP contribution is 2.43. The van der Waals surface area contributed by atoms with Crippen LogP contribution in [0.5, 0.6) is 0 Å². The summed E-state index contributed by atoms with van der Waals surface area (Å²) in [5.74, 6) is 0.534. The van der Waals surface area contributed by atoms with Crippen LogP contribution in [0.3, 0.4) is 0 Å². The molecule has 0 radical (unpaired) electrons. The number of fused-ring (bicyclic) bond motifs is 1. The average molecular weight is 234 g/mol. The number of carbonyl (C=O) groups is 1. The largest absolute Gasteiger partial charge is 0.363 e. The summed E-state index contributed by atoms with van der Waals surface area (Å²) in [5, 5.41) is 0. The number of allylic oxidation sites excluding steroid dienone is 1. The van der Waals surface area contributed by atoms with Crippen molar-refractivity contribution in [1.82, 2.24) is 0 Å². The van der Waals surface area contributed by atoms with E-state index in [1.165, 1.54) is 16.7 Å². The predicted molar refractivity (Wildman–Crippen MR) is 68.8 cm³/mol. The Hall–Kier alpha value is -0.890. The van der Waals surface area contributed by atoms with Crippen molar-refractivity contribution in [3.8, 4) is 0 Å². The van der Waals surface area contributed by atoms with Crippen LogP contribution in [-0.4, -0.2) is 18.0 Å². The molecule has 2 atom stereocenters. The lowest BCUT2D eigenvalue weighted by Gasteiger charge is -2.29. The Kier molecular flexibility index (Phi) is 3.26. The first-order chi connectivity index (χ1) is 7.97. The van der Waals surface area contributed by atoms with Gasteiger partial charge < -0.3 is 9.53 Å². The molecule has 0 unspecified atom stereocenters. The van der Waals surface area contributed by atoms with Gasteiger partial charge in [0.15, 0.2) is 0 Å². The zero-order valence-corrected chi connectivity index (χ0v) is 11.2. The van der Waals surface area contributed by atoms with E-state index in [1.807, 2.05) is 6.92 Å². The summed E-state index contributed by atoms with van der Waals surface area (Å²) >= 11 is 0. The zero-order valence-electron chi connectivity index (χ0n) is 11.2. The zero-order chi connectivity index (χ0) is 12.6. The molecule has 2 rings (SSSR count). The van der Waals surface area contributed by atoms with Crippen molar-refractivity contribution in [2.24, 2.45) is 5.92 Å². The average Bonchev–Trinajstić information content (AvgIpc) is 2.53. The number of hydrogen-bond donors (Lipinski definition) is 0. The highest BCUT2D eigenvalue weighted by molar-refractivity contribution is 5.55. The van der Waals surface area contributed by atoms with Crippen LogP contribution in [0.25, 0.3) is 0 Å². The number of aldehydes is 1. The minimum absolute atomic E-state index is 0.209. The highest BCUT2D eigenvalue weighted by atomic mass is 16.5. The molecule has 94 valence electrons. The summed E-state index contributed by atoms with van der Waals surface area (Å²) in [5.41, 5.74) is 3.90. The van der Waals surface area contributed by atoms with E-state index in [9.17, 15) is 4.79 Å². The Morgan fingerprint density at radius 1 is 1.59 bits per heavy atom. The minimum atomic E-state index is -0.382. The fraction of sp³-hybridized carbons (Fsp3) is 0.667. The summed E-state index contributed by atoms with van der Waals surface area (Å²) < 4.78 is 6.06. The van der Waals surface area contributed by atoms with Gasteiger partial charge in [0, 0.05) is 6.42 Å². The van der Waals surface area contributed by atoms with Crippen LogP contribution in [0.2, 0.25) is 0 Å². The van der Waals surface area contributed by atoms with Gasteiger partial charge >= 0.3 is 0 Å². The molecule has 2 heteroatoms. The van der Waals surface area contributed by atoms with Gasteiger partial charge in [0.05, 0.1) is 11.7 Å². The van der Waals surface area contributed by atoms with Gasteiger partial charge in [-0.1, -0.05) is 19.4 Å². The van der Waals surface area contributed by atoms with Gasteiger partial charge in [-0.2, -0.15) is 0 Å². The fourth-order valence-electron chi connectivity index (χ4n) is 3.14. The summed E-state index contributed by atoms with van der Waals surface area (Å²) in [6.45, 7) is 8.71. The van der Waals surface area contributed by atoms with Crippen molar-refractivity contribution in [2.75, 3.05) is 0 Å². The summed E-state index contributed by atoms with van der Waals surface area (Å²) in [7, 11) is 0. The fourth-order valence-corrected chi connectivity index (χ4v) is 3.14. The van der Waals surface area contributed by atoms with Crippen LogP contribution in [0, 0.1) is 5.92 Å². The normalized spacial score (nSPS) is 32.8. The van der Waals surface area contributed by atoms with E-state index in [4.69, 9.17) is 4.74 Å². The van der Waals surface area contributed by atoms with E-state index in [0.717, 1.165) is 19.1 Å². The van der Waals surface area contributed by atoms with Gasteiger partial charge in [0.25, 0.3) is 0 Å². The molecule has 0 bridgehead atoms. The Morgan fingerprint density at radius 2 is 2.29 bits per heavy atom. The van der Waals surface area contributed by atoms with E-state index in [0.29, 0.717) is 12.3 Å². The summed E-state index contributed by atoms with van der Waals surface area (Å²) in [4.78, 5) is 10.7.